The number of carbonyl (C=O) groups is 1. The van der Waals surface area contributed by atoms with Gasteiger partial charge in [-0.25, -0.2) is 4.79 Å². The first kappa shape index (κ1) is 15.0. The maximum Gasteiger partial charge on any atom is 0.322 e. The number of nitrogens with one attached hydrogen (secondary N) is 1. The van der Waals surface area contributed by atoms with E-state index in [2.05, 4.69) is 10.3 Å². The number of aryl methyl sites for hydroxylation is 1. The van der Waals surface area contributed by atoms with E-state index in [1.165, 1.54) is 5.56 Å². The third-order valence-corrected chi connectivity index (χ3v) is 3.25. The van der Waals surface area contributed by atoms with Gasteiger partial charge in [0.25, 0.3) is 0 Å². The maximum absolute atomic E-state index is 12.4. The minimum Gasteiger partial charge on any atom is -0.316 e. The second-order valence-corrected chi connectivity index (χ2v) is 5.34. The Morgan fingerprint density at radius 3 is 2.48 bits per heavy atom. The lowest BCUT2D eigenvalue weighted by molar-refractivity contribution is 0.193. The minimum absolute atomic E-state index is 0.0949. The zero-order valence-electron chi connectivity index (χ0n) is 12.7. The molecule has 0 spiro atoms. The average Bonchev–Trinajstić information content (AvgIpc) is 2.48. The molecule has 0 atom stereocenters. The van der Waals surface area contributed by atoms with Gasteiger partial charge >= 0.3 is 6.03 Å². The summed E-state index contributed by atoms with van der Waals surface area (Å²) in [5.74, 6) is 0. The summed E-state index contributed by atoms with van der Waals surface area (Å²) in [6.07, 6.45) is 1.74. The molecule has 1 heterocycles. The number of urea groups is 1. The number of carbonyl (C=O) groups excluding carboxylic acids is 1. The molecule has 1 aromatic heterocycles. The Labute approximate surface area is 125 Å². The standard InChI is InChI=1S/C17H21N3O/c1-13(2)20(12-16-6-4-5-11-18-16)17(21)19-15-9-7-14(3)8-10-15/h4-11,13H,12H2,1-3H3,(H,19,21). The number of anilines is 1. The van der Waals surface area contributed by atoms with Gasteiger partial charge < -0.3 is 10.2 Å². The first-order valence-electron chi connectivity index (χ1n) is 7.10. The number of aromatic nitrogens is 1. The first-order chi connectivity index (χ1) is 10.1. The number of hydrogen-bond donors (Lipinski definition) is 1. The van der Waals surface area contributed by atoms with Gasteiger partial charge in [0.1, 0.15) is 0 Å². The van der Waals surface area contributed by atoms with Crippen molar-refractivity contribution in [1.29, 1.82) is 0 Å². The van der Waals surface area contributed by atoms with Crippen molar-refractivity contribution < 1.29 is 4.79 Å². The highest BCUT2D eigenvalue weighted by Crippen LogP contribution is 2.12. The normalized spacial score (nSPS) is 10.5. The molecule has 1 aromatic carbocycles. The van der Waals surface area contributed by atoms with Gasteiger partial charge in [-0.2, -0.15) is 0 Å². The molecule has 2 aromatic rings. The molecule has 4 nitrogen and oxygen atoms in total. The molecule has 0 aliphatic carbocycles. The van der Waals surface area contributed by atoms with E-state index < -0.39 is 0 Å². The van der Waals surface area contributed by atoms with Gasteiger partial charge in [0, 0.05) is 17.9 Å². The molecule has 21 heavy (non-hydrogen) atoms. The molecular weight excluding hydrogens is 262 g/mol. The van der Waals surface area contributed by atoms with Gasteiger partial charge in [0.05, 0.1) is 12.2 Å². The number of amides is 2. The van der Waals surface area contributed by atoms with Crippen LogP contribution < -0.4 is 5.32 Å². The lowest BCUT2D eigenvalue weighted by atomic mass is 10.2. The Balaban J connectivity index is 2.07. The van der Waals surface area contributed by atoms with E-state index in [9.17, 15) is 4.79 Å². The predicted octanol–water partition coefficient (Wildman–Crippen LogP) is 3.83. The van der Waals surface area contributed by atoms with Crippen LogP contribution in [0.25, 0.3) is 0 Å². The van der Waals surface area contributed by atoms with Crippen molar-refractivity contribution in [1.82, 2.24) is 9.88 Å². The maximum atomic E-state index is 12.4. The van der Waals surface area contributed by atoms with Crippen molar-refractivity contribution in [2.24, 2.45) is 0 Å². The summed E-state index contributed by atoms with van der Waals surface area (Å²) in [5, 5.41) is 2.93. The highest BCUT2D eigenvalue weighted by atomic mass is 16.2. The largest absolute Gasteiger partial charge is 0.322 e. The molecule has 0 unspecified atom stereocenters. The molecule has 4 heteroatoms. The fraction of sp³-hybridized carbons (Fsp3) is 0.294. The van der Waals surface area contributed by atoms with Crippen LogP contribution in [0.3, 0.4) is 0 Å². The Kier molecular flexibility index (Phi) is 4.93. The summed E-state index contributed by atoms with van der Waals surface area (Å²) in [6, 6.07) is 13.5. The lowest BCUT2D eigenvalue weighted by Gasteiger charge is -2.26. The molecule has 0 saturated carbocycles. The van der Waals surface area contributed by atoms with Gasteiger partial charge in [-0.15, -0.1) is 0 Å². The fourth-order valence-corrected chi connectivity index (χ4v) is 1.99. The molecule has 0 aliphatic heterocycles. The Morgan fingerprint density at radius 2 is 1.90 bits per heavy atom. The molecular formula is C17H21N3O. The summed E-state index contributed by atoms with van der Waals surface area (Å²) < 4.78 is 0. The SMILES string of the molecule is Cc1ccc(NC(=O)N(Cc2ccccn2)C(C)C)cc1. The number of nitrogens with zero attached hydrogens (tertiary/aromatic N) is 2. The number of pyridine rings is 1. The summed E-state index contributed by atoms with van der Waals surface area (Å²) >= 11 is 0. The van der Waals surface area contributed by atoms with Crippen molar-refractivity contribution in [3.63, 3.8) is 0 Å². The predicted molar refractivity (Wildman–Crippen MR) is 85.1 cm³/mol. The van der Waals surface area contributed by atoms with Gasteiger partial charge in [-0.3, -0.25) is 4.98 Å². The smallest absolute Gasteiger partial charge is 0.316 e. The van der Waals surface area contributed by atoms with E-state index in [0.29, 0.717) is 6.54 Å². The monoisotopic (exact) mass is 283 g/mol. The quantitative estimate of drug-likeness (QED) is 0.926. The van der Waals surface area contributed by atoms with Crippen LogP contribution in [0.1, 0.15) is 25.1 Å². The Bertz CT molecular complexity index is 579. The number of hydrogen-bond acceptors (Lipinski definition) is 2. The van der Waals surface area contributed by atoms with Crippen molar-refractivity contribution in [2.75, 3.05) is 5.32 Å². The van der Waals surface area contributed by atoms with E-state index in [1.807, 2.05) is 63.2 Å². The molecule has 110 valence electrons. The second kappa shape index (κ2) is 6.88. The van der Waals surface area contributed by atoms with Crippen molar-refractivity contribution in [3.05, 3.63) is 59.9 Å². The lowest BCUT2D eigenvalue weighted by Crippen LogP contribution is -2.39. The molecule has 1 N–H and O–H groups in total. The molecule has 0 aliphatic rings. The summed E-state index contributed by atoms with van der Waals surface area (Å²) in [6.45, 7) is 6.51. The van der Waals surface area contributed by atoms with Gasteiger partial charge in [-0.05, 0) is 45.0 Å². The average molecular weight is 283 g/mol. The van der Waals surface area contributed by atoms with Crippen LogP contribution in [0.4, 0.5) is 10.5 Å². The third kappa shape index (κ3) is 4.31. The van der Waals surface area contributed by atoms with E-state index in [4.69, 9.17) is 0 Å². The first-order valence-corrected chi connectivity index (χ1v) is 7.10. The second-order valence-electron chi connectivity index (χ2n) is 5.34. The highest BCUT2D eigenvalue weighted by molar-refractivity contribution is 5.89. The zero-order chi connectivity index (χ0) is 15.2. The van der Waals surface area contributed by atoms with Crippen LogP contribution in [0.15, 0.2) is 48.7 Å². The summed E-state index contributed by atoms with van der Waals surface area (Å²) in [7, 11) is 0. The molecule has 0 bridgehead atoms. The Hall–Kier alpha value is -2.36. The summed E-state index contributed by atoms with van der Waals surface area (Å²) in [4.78, 5) is 18.5. The topological polar surface area (TPSA) is 45.2 Å². The van der Waals surface area contributed by atoms with Crippen LogP contribution in [0.5, 0.6) is 0 Å². The highest BCUT2D eigenvalue weighted by Gasteiger charge is 2.17. The number of benzene rings is 1. The molecule has 2 rings (SSSR count). The van der Waals surface area contributed by atoms with Crippen LogP contribution in [-0.4, -0.2) is 22.0 Å². The fourth-order valence-electron chi connectivity index (χ4n) is 1.99. The third-order valence-electron chi connectivity index (χ3n) is 3.25. The number of rotatable bonds is 4. The van der Waals surface area contributed by atoms with E-state index in [-0.39, 0.29) is 12.1 Å². The van der Waals surface area contributed by atoms with Gasteiger partial charge in [0.2, 0.25) is 0 Å². The molecule has 0 radical (unpaired) electrons. The molecule has 2 amide bonds. The minimum atomic E-state index is -0.112. The van der Waals surface area contributed by atoms with E-state index >= 15 is 0 Å². The van der Waals surface area contributed by atoms with Crippen LogP contribution in [0, 0.1) is 6.92 Å². The van der Waals surface area contributed by atoms with Crippen LogP contribution in [0.2, 0.25) is 0 Å². The van der Waals surface area contributed by atoms with Crippen molar-refractivity contribution in [2.45, 2.75) is 33.4 Å². The zero-order valence-corrected chi connectivity index (χ0v) is 12.7. The van der Waals surface area contributed by atoms with Crippen molar-refractivity contribution >= 4 is 11.7 Å². The van der Waals surface area contributed by atoms with Crippen LogP contribution >= 0.6 is 0 Å². The van der Waals surface area contributed by atoms with Crippen LogP contribution in [-0.2, 0) is 6.54 Å². The van der Waals surface area contributed by atoms with E-state index in [0.717, 1.165) is 11.4 Å². The van der Waals surface area contributed by atoms with Crippen molar-refractivity contribution in [3.8, 4) is 0 Å². The summed E-state index contributed by atoms with van der Waals surface area (Å²) in [5.41, 5.74) is 2.85. The van der Waals surface area contributed by atoms with Gasteiger partial charge in [0.15, 0.2) is 0 Å². The molecule has 0 fully saturated rings. The molecule has 0 saturated heterocycles. The Morgan fingerprint density at radius 1 is 1.19 bits per heavy atom. The van der Waals surface area contributed by atoms with Gasteiger partial charge in [-0.1, -0.05) is 23.8 Å². The van der Waals surface area contributed by atoms with E-state index in [1.54, 1.807) is 11.1 Å².